The second kappa shape index (κ2) is 9.09. The molecule has 28 heavy (non-hydrogen) atoms. The molecule has 0 unspecified atom stereocenters. The van der Waals surface area contributed by atoms with Crippen LogP contribution in [0.2, 0.25) is 0 Å². The molecule has 0 saturated heterocycles. The van der Waals surface area contributed by atoms with Gasteiger partial charge in [-0.2, -0.15) is 0 Å². The molecular formula is C20H19N3O4S. The average molecular weight is 397 g/mol. The van der Waals surface area contributed by atoms with E-state index in [4.69, 9.17) is 4.74 Å². The first kappa shape index (κ1) is 19.5. The van der Waals surface area contributed by atoms with Gasteiger partial charge in [0, 0.05) is 35.2 Å². The van der Waals surface area contributed by atoms with Crippen LogP contribution in [0.4, 0.5) is 10.8 Å². The molecule has 0 radical (unpaired) electrons. The number of carbonyl (C=O) groups excluding carboxylic acids is 1. The van der Waals surface area contributed by atoms with Gasteiger partial charge >= 0.3 is 0 Å². The summed E-state index contributed by atoms with van der Waals surface area (Å²) in [7, 11) is 0. The predicted octanol–water partition coefficient (Wildman–Crippen LogP) is 4.68. The quantitative estimate of drug-likeness (QED) is 0.440. The number of rotatable bonds is 8. The molecule has 8 heteroatoms. The largest absolute Gasteiger partial charge is 0.494 e. The summed E-state index contributed by atoms with van der Waals surface area (Å²) in [5, 5.41) is 14.1. The fraction of sp³-hybridized carbons (Fsp3) is 0.200. The van der Waals surface area contributed by atoms with Crippen LogP contribution < -0.4 is 10.1 Å². The lowest BCUT2D eigenvalue weighted by Gasteiger charge is -2.05. The summed E-state index contributed by atoms with van der Waals surface area (Å²) in [6.45, 7) is 2.67. The normalized spacial score (nSPS) is 10.5. The van der Waals surface area contributed by atoms with Crippen LogP contribution in [0.25, 0.3) is 0 Å². The Bertz CT molecular complexity index is 970. The minimum atomic E-state index is -0.416. The van der Waals surface area contributed by atoms with Gasteiger partial charge in [-0.25, -0.2) is 4.98 Å². The Morgan fingerprint density at radius 1 is 1.25 bits per heavy atom. The Hall–Kier alpha value is -3.26. The third-order valence-corrected chi connectivity index (χ3v) is 4.78. The number of carbonyl (C=O) groups is 1. The standard InChI is InChI=1S/C20H19N3O4S/c1-2-10-27-17-8-6-15(7-9-17)19(24)22-20-21-13-18(28-20)12-14-4-3-5-16(11-14)23(25)26/h3-9,11,13H,2,10,12H2,1H3,(H,21,22,24). The van der Waals surface area contributed by atoms with E-state index in [-0.39, 0.29) is 11.6 Å². The van der Waals surface area contributed by atoms with Gasteiger partial charge < -0.3 is 4.74 Å². The number of hydrogen-bond donors (Lipinski definition) is 1. The number of benzene rings is 2. The Morgan fingerprint density at radius 3 is 2.75 bits per heavy atom. The van der Waals surface area contributed by atoms with E-state index < -0.39 is 4.92 Å². The van der Waals surface area contributed by atoms with Crippen molar-refractivity contribution in [3.8, 4) is 5.75 Å². The molecule has 3 rings (SSSR count). The molecule has 0 bridgehead atoms. The topological polar surface area (TPSA) is 94.4 Å². The maximum Gasteiger partial charge on any atom is 0.269 e. The molecule has 3 aromatic rings. The van der Waals surface area contributed by atoms with Gasteiger partial charge in [0.1, 0.15) is 5.75 Å². The maximum atomic E-state index is 12.4. The zero-order chi connectivity index (χ0) is 19.9. The Labute approximate surface area is 166 Å². The van der Waals surface area contributed by atoms with Crippen LogP contribution in [-0.2, 0) is 6.42 Å². The van der Waals surface area contributed by atoms with Crippen molar-refractivity contribution in [3.05, 3.63) is 80.8 Å². The molecule has 0 fully saturated rings. The molecule has 1 N–H and O–H groups in total. The van der Waals surface area contributed by atoms with Crippen LogP contribution in [0.5, 0.6) is 5.75 Å². The van der Waals surface area contributed by atoms with E-state index in [2.05, 4.69) is 10.3 Å². The van der Waals surface area contributed by atoms with E-state index in [1.807, 2.05) is 13.0 Å². The van der Waals surface area contributed by atoms with Crippen LogP contribution in [0.3, 0.4) is 0 Å². The number of nitro groups is 1. The van der Waals surface area contributed by atoms with E-state index in [1.54, 1.807) is 42.6 Å². The zero-order valence-corrected chi connectivity index (χ0v) is 16.1. The van der Waals surface area contributed by atoms with Crippen LogP contribution in [0, 0.1) is 10.1 Å². The van der Waals surface area contributed by atoms with Gasteiger partial charge in [-0.1, -0.05) is 19.1 Å². The summed E-state index contributed by atoms with van der Waals surface area (Å²) >= 11 is 1.34. The van der Waals surface area contributed by atoms with Gasteiger partial charge in [0.05, 0.1) is 11.5 Å². The van der Waals surface area contributed by atoms with Crippen molar-refractivity contribution in [2.45, 2.75) is 19.8 Å². The molecular weight excluding hydrogens is 378 g/mol. The van der Waals surface area contributed by atoms with Crippen molar-refractivity contribution in [2.75, 3.05) is 11.9 Å². The number of thiazole rings is 1. The first-order chi connectivity index (χ1) is 13.5. The van der Waals surface area contributed by atoms with Gasteiger partial charge in [0.25, 0.3) is 11.6 Å². The molecule has 0 aliphatic carbocycles. The lowest BCUT2D eigenvalue weighted by Crippen LogP contribution is -2.11. The molecule has 1 heterocycles. The number of nitro benzene ring substituents is 1. The van der Waals surface area contributed by atoms with Crippen LogP contribution >= 0.6 is 11.3 Å². The van der Waals surface area contributed by atoms with Crippen LogP contribution in [0.1, 0.15) is 34.1 Å². The number of ether oxygens (including phenoxy) is 1. The van der Waals surface area contributed by atoms with E-state index >= 15 is 0 Å². The van der Waals surface area contributed by atoms with Crippen molar-refractivity contribution in [2.24, 2.45) is 0 Å². The van der Waals surface area contributed by atoms with E-state index in [0.29, 0.717) is 23.7 Å². The lowest BCUT2D eigenvalue weighted by molar-refractivity contribution is -0.384. The number of amides is 1. The maximum absolute atomic E-state index is 12.4. The monoisotopic (exact) mass is 397 g/mol. The minimum Gasteiger partial charge on any atom is -0.494 e. The molecule has 0 saturated carbocycles. The highest BCUT2D eigenvalue weighted by Gasteiger charge is 2.11. The molecule has 0 atom stereocenters. The third-order valence-electron chi connectivity index (χ3n) is 3.86. The number of hydrogen-bond acceptors (Lipinski definition) is 6. The molecule has 1 aromatic heterocycles. The first-order valence-corrected chi connectivity index (χ1v) is 9.59. The highest BCUT2D eigenvalue weighted by atomic mass is 32.1. The fourth-order valence-corrected chi connectivity index (χ4v) is 3.36. The summed E-state index contributed by atoms with van der Waals surface area (Å²) in [6, 6.07) is 13.4. The van der Waals surface area contributed by atoms with Crippen molar-refractivity contribution < 1.29 is 14.5 Å². The Kier molecular flexibility index (Phi) is 6.33. The first-order valence-electron chi connectivity index (χ1n) is 8.77. The number of anilines is 1. The predicted molar refractivity (Wildman–Crippen MR) is 108 cm³/mol. The summed E-state index contributed by atoms with van der Waals surface area (Å²) in [6.07, 6.45) is 3.10. The molecule has 0 aliphatic rings. The van der Waals surface area contributed by atoms with Crippen molar-refractivity contribution in [1.82, 2.24) is 4.98 Å². The van der Waals surface area contributed by atoms with Gasteiger partial charge in [-0.05, 0) is 36.2 Å². The van der Waals surface area contributed by atoms with E-state index in [9.17, 15) is 14.9 Å². The minimum absolute atomic E-state index is 0.0573. The Balaban J connectivity index is 1.61. The Morgan fingerprint density at radius 2 is 2.04 bits per heavy atom. The van der Waals surface area contributed by atoms with Crippen LogP contribution in [0.15, 0.2) is 54.7 Å². The van der Waals surface area contributed by atoms with Crippen LogP contribution in [-0.4, -0.2) is 22.4 Å². The van der Waals surface area contributed by atoms with Gasteiger partial charge in [0.2, 0.25) is 0 Å². The van der Waals surface area contributed by atoms with Gasteiger partial charge in [-0.3, -0.25) is 20.2 Å². The van der Waals surface area contributed by atoms with Gasteiger partial charge in [-0.15, -0.1) is 11.3 Å². The summed E-state index contributed by atoms with van der Waals surface area (Å²) in [5.41, 5.74) is 1.39. The zero-order valence-electron chi connectivity index (χ0n) is 15.3. The molecule has 0 aliphatic heterocycles. The number of nitrogens with one attached hydrogen (secondary N) is 1. The van der Waals surface area contributed by atoms with E-state index in [0.717, 1.165) is 22.6 Å². The lowest BCUT2D eigenvalue weighted by atomic mass is 10.1. The van der Waals surface area contributed by atoms with Crippen molar-refractivity contribution in [3.63, 3.8) is 0 Å². The third kappa shape index (κ3) is 5.14. The summed E-state index contributed by atoms with van der Waals surface area (Å²) in [5.74, 6) is 0.477. The highest BCUT2D eigenvalue weighted by Crippen LogP contribution is 2.23. The molecule has 144 valence electrons. The average Bonchev–Trinajstić information content (AvgIpc) is 3.13. The molecule has 2 aromatic carbocycles. The molecule has 0 spiro atoms. The fourth-order valence-electron chi connectivity index (χ4n) is 2.52. The molecule has 1 amide bonds. The van der Waals surface area contributed by atoms with Crippen molar-refractivity contribution >= 4 is 28.1 Å². The van der Waals surface area contributed by atoms with Crippen molar-refractivity contribution in [1.29, 1.82) is 0 Å². The number of nitrogens with zero attached hydrogens (tertiary/aromatic N) is 2. The van der Waals surface area contributed by atoms with Gasteiger partial charge in [0.15, 0.2) is 5.13 Å². The second-order valence-corrected chi connectivity index (χ2v) is 7.18. The van der Waals surface area contributed by atoms with E-state index in [1.165, 1.54) is 17.4 Å². The second-order valence-electron chi connectivity index (χ2n) is 6.06. The highest BCUT2D eigenvalue weighted by molar-refractivity contribution is 7.15. The summed E-state index contributed by atoms with van der Waals surface area (Å²) < 4.78 is 5.51. The number of non-ortho nitro benzene ring substituents is 1. The summed E-state index contributed by atoms with van der Waals surface area (Å²) in [4.78, 5) is 28.0. The SMILES string of the molecule is CCCOc1ccc(C(=O)Nc2ncc(Cc3cccc([N+](=O)[O-])c3)s2)cc1. The smallest absolute Gasteiger partial charge is 0.269 e. The molecule has 7 nitrogen and oxygen atoms in total. The number of aromatic nitrogens is 1.